The zero-order valence-corrected chi connectivity index (χ0v) is 14.7. The molecule has 1 atom stereocenters. The summed E-state index contributed by atoms with van der Waals surface area (Å²) >= 11 is 3.30. The van der Waals surface area contributed by atoms with Gasteiger partial charge in [0.1, 0.15) is 5.76 Å². The summed E-state index contributed by atoms with van der Waals surface area (Å²) in [5, 5.41) is 3.85. The van der Waals surface area contributed by atoms with Crippen LogP contribution in [0.1, 0.15) is 35.5 Å². The first kappa shape index (κ1) is 16.2. The summed E-state index contributed by atoms with van der Waals surface area (Å²) in [4.78, 5) is 0.260. The van der Waals surface area contributed by atoms with Gasteiger partial charge in [0.25, 0.3) is 0 Å². The van der Waals surface area contributed by atoms with Gasteiger partial charge in [-0.05, 0) is 45.4 Å². The first-order valence-corrected chi connectivity index (χ1v) is 8.71. The Balaban J connectivity index is 2.36. The molecule has 0 aliphatic rings. The zero-order valence-electron chi connectivity index (χ0n) is 12.3. The average Bonchev–Trinajstić information content (AvgIpc) is 2.71. The molecule has 0 spiro atoms. The summed E-state index contributed by atoms with van der Waals surface area (Å²) in [6.07, 6.45) is 0. The molecular formula is C14H17BrN2O3S. The van der Waals surface area contributed by atoms with E-state index in [4.69, 9.17) is 4.52 Å². The zero-order chi connectivity index (χ0) is 15.8. The molecule has 0 saturated heterocycles. The summed E-state index contributed by atoms with van der Waals surface area (Å²) in [6, 6.07) is 4.75. The highest BCUT2D eigenvalue weighted by Gasteiger charge is 2.24. The summed E-state index contributed by atoms with van der Waals surface area (Å²) in [6.45, 7) is 7.10. The lowest BCUT2D eigenvalue weighted by Gasteiger charge is -2.15. The Morgan fingerprint density at radius 2 is 1.95 bits per heavy atom. The number of hydrogen-bond acceptors (Lipinski definition) is 4. The molecule has 1 aromatic heterocycles. The van der Waals surface area contributed by atoms with E-state index in [9.17, 15) is 8.42 Å². The van der Waals surface area contributed by atoms with Gasteiger partial charge in [-0.1, -0.05) is 27.2 Å². The van der Waals surface area contributed by atoms with Crippen molar-refractivity contribution < 1.29 is 12.9 Å². The van der Waals surface area contributed by atoms with Gasteiger partial charge < -0.3 is 4.52 Å². The molecule has 2 rings (SSSR count). The fourth-order valence-corrected chi connectivity index (χ4v) is 4.32. The number of aryl methyl sites for hydroxylation is 3. The number of aromatic nitrogens is 1. The van der Waals surface area contributed by atoms with Crippen molar-refractivity contribution in [1.82, 2.24) is 9.88 Å². The number of nitrogens with one attached hydrogen (secondary N) is 1. The van der Waals surface area contributed by atoms with Crippen molar-refractivity contribution in [3.63, 3.8) is 0 Å². The summed E-state index contributed by atoms with van der Waals surface area (Å²) in [5.74, 6) is 0.619. The highest BCUT2D eigenvalue weighted by molar-refractivity contribution is 9.10. The molecule has 1 aromatic carbocycles. The van der Waals surface area contributed by atoms with E-state index in [2.05, 4.69) is 25.8 Å². The first-order valence-electron chi connectivity index (χ1n) is 6.43. The lowest BCUT2D eigenvalue weighted by molar-refractivity contribution is 0.391. The first-order chi connectivity index (χ1) is 9.72. The van der Waals surface area contributed by atoms with Gasteiger partial charge in [0.05, 0.1) is 10.6 Å². The maximum atomic E-state index is 12.6. The molecule has 0 fully saturated rings. The lowest BCUT2D eigenvalue weighted by Crippen LogP contribution is -2.28. The average molecular weight is 373 g/mol. The number of sulfonamides is 1. The van der Waals surface area contributed by atoms with Crippen molar-refractivity contribution in [2.24, 2.45) is 0 Å². The third kappa shape index (κ3) is 3.36. The van der Waals surface area contributed by atoms with E-state index in [0.717, 1.165) is 10.0 Å². The second-order valence-electron chi connectivity index (χ2n) is 4.99. The largest absolute Gasteiger partial charge is 0.361 e. The van der Waals surface area contributed by atoms with Crippen molar-refractivity contribution >= 4 is 26.0 Å². The van der Waals surface area contributed by atoms with Crippen molar-refractivity contribution in [3.8, 4) is 0 Å². The minimum Gasteiger partial charge on any atom is -0.361 e. The van der Waals surface area contributed by atoms with E-state index in [1.807, 2.05) is 6.07 Å². The van der Waals surface area contributed by atoms with Gasteiger partial charge in [0, 0.05) is 16.1 Å². The predicted octanol–water partition coefficient (Wildman–Crippen LogP) is 3.40. The number of nitrogens with zero attached hydrogens (tertiary/aromatic N) is 1. The Bertz CT molecular complexity index is 749. The molecule has 0 amide bonds. The maximum absolute atomic E-state index is 12.6. The van der Waals surface area contributed by atoms with Crippen LogP contribution in [0.25, 0.3) is 0 Å². The number of halogens is 1. The molecule has 5 nitrogen and oxygen atoms in total. The third-order valence-corrected chi connectivity index (χ3v) is 5.47. The standard InChI is InChI=1S/C14H17BrN2O3S/c1-8-5-6-12(15)7-13(8)21(18,19)17-10(3)14-9(2)16-20-11(14)4/h5-7,10,17H,1-4H3. The van der Waals surface area contributed by atoms with Crippen LogP contribution in [0.4, 0.5) is 0 Å². The van der Waals surface area contributed by atoms with Crippen LogP contribution in [0.5, 0.6) is 0 Å². The van der Waals surface area contributed by atoms with Crippen molar-refractivity contribution in [3.05, 3.63) is 45.3 Å². The van der Waals surface area contributed by atoms with E-state index in [1.165, 1.54) is 0 Å². The number of hydrogen-bond donors (Lipinski definition) is 1. The Hall–Kier alpha value is -1.18. The van der Waals surface area contributed by atoms with Crippen LogP contribution in [0, 0.1) is 20.8 Å². The molecule has 114 valence electrons. The maximum Gasteiger partial charge on any atom is 0.241 e. The van der Waals surface area contributed by atoms with Crippen LogP contribution in [0.2, 0.25) is 0 Å². The number of benzene rings is 1. The number of rotatable bonds is 4. The van der Waals surface area contributed by atoms with E-state index in [-0.39, 0.29) is 4.90 Å². The minimum atomic E-state index is -3.62. The van der Waals surface area contributed by atoms with Crippen molar-refractivity contribution in [1.29, 1.82) is 0 Å². The highest BCUT2D eigenvalue weighted by Crippen LogP contribution is 2.25. The highest BCUT2D eigenvalue weighted by atomic mass is 79.9. The molecule has 2 aromatic rings. The monoisotopic (exact) mass is 372 g/mol. The van der Waals surface area contributed by atoms with Gasteiger partial charge in [-0.15, -0.1) is 0 Å². The van der Waals surface area contributed by atoms with Crippen LogP contribution >= 0.6 is 15.9 Å². The molecule has 0 saturated carbocycles. The van der Waals surface area contributed by atoms with Gasteiger partial charge in [-0.2, -0.15) is 0 Å². The second-order valence-corrected chi connectivity index (χ2v) is 7.59. The Morgan fingerprint density at radius 1 is 1.29 bits per heavy atom. The van der Waals surface area contributed by atoms with Gasteiger partial charge in [-0.3, -0.25) is 0 Å². The van der Waals surface area contributed by atoms with Crippen molar-refractivity contribution in [2.75, 3.05) is 0 Å². The van der Waals surface area contributed by atoms with Crippen LogP contribution in [0.3, 0.4) is 0 Å². The Labute approximate surface area is 132 Å². The topological polar surface area (TPSA) is 72.2 Å². The third-order valence-electron chi connectivity index (χ3n) is 3.29. The molecule has 1 unspecified atom stereocenters. The normalized spacial score (nSPS) is 13.4. The lowest BCUT2D eigenvalue weighted by atomic mass is 10.1. The SMILES string of the molecule is Cc1ccc(Br)cc1S(=O)(=O)NC(C)c1c(C)noc1C. The molecule has 0 aliphatic carbocycles. The minimum absolute atomic E-state index is 0.260. The molecule has 21 heavy (non-hydrogen) atoms. The van der Waals surface area contributed by atoms with E-state index in [1.54, 1.807) is 39.8 Å². The molecular weight excluding hydrogens is 356 g/mol. The summed E-state index contributed by atoms with van der Waals surface area (Å²) in [7, 11) is -3.62. The fraction of sp³-hybridized carbons (Fsp3) is 0.357. The molecule has 1 N–H and O–H groups in total. The van der Waals surface area contributed by atoms with Gasteiger partial charge in [-0.25, -0.2) is 13.1 Å². The Morgan fingerprint density at radius 3 is 2.52 bits per heavy atom. The van der Waals surface area contributed by atoms with E-state index >= 15 is 0 Å². The van der Waals surface area contributed by atoms with Crippen LogP contribution in [0.15, 0.2) is 32.1 Å². The summed E-state index contributed by atoms with van der Waals surface area (Å²) < 4.78 is 33.6. The molecule has 1 heterocycles. The molecule has 0 aliphatic heterocycles. The van der Waals surface area contributed by atoms with Gasteiger partial charge in [0.2, 0.25) is 10.0 Å². The predicted molar refractivity (Wildman–Crippen MR) is 83.6 cm³/mol. The van der Waals surface area contributed by atoms with Crippen molar-refractivity contribution in [2.45, 2.75) is 38.6 Å². The van der Waals surface area contributed by atoms with Crippen LogP contribution in [-0.4, -0.2) is 13.6 Å². The Kier molecular flexibility index (Phi) is 4.55. The van der Waals surface area contributed by atoms with E-state index in [0.29, 0.717) is 17.0 Å². The van der Waals surface area contributed by atoms with Crippen LogP contribution < -0.4 is 4.72 Å². The fourth-order valence-electron chi connectivity index (χ4n) is 2.33. The molecule has 7 heteroatoms. The van der Waals surface area contributed by atoms with Gasteiger partial charge >= 0.3 is 0 Å². The van der Waals surface area contributed by atoms with Crippen LogP contribution in [-0.2, 0) is 10.0 Å². The summed E-state index contributed by atoms with van der Waals surface area (Å²) in [5.41, 5.74) is 2.15. The second kappa shape index (κ2) is 5.90. The van der Waals surface area contributed by atoms with Gasteiger partial charge in [0.15, 0.2) is 0 Å². The molecule has 0 bridgehead atoms. The van der Waals surface area contributed by atoms with E-state index < -0.39 is 16.1 Å². The molecule has 0 radical (unpaired) electrons. The smallest absolute Gasteiger partial charge is 0.241 e. The quantitative estimate of drug-likeness (QED) is 0.892.